The molecule has 0 radical (unpaired) electrons. The van der Waals surface area contributed by atoms with Crippen molar-refractivity contribution in [2.24, 2.45) is 5.92 Å². The minimum Gasteiger partial charge on any atom is -0.346 e. The van der Waals surface area contributed by atoms with Crippen molar-refractivity contribution in [1.29, 1.82) is 0 Å². The highest BCUT2D eigenvalue weighted by molar-refractivity contribution is 5.52. The molecule has 0 saturated heterocycles. The molecule has 1 aromatic carbocycles. The molecule has 1 atom stereocenters. The number of anilines is 1. The summed E-state index contributed by atoms with van der Waals surface area (Å²) in [7, 11) is 4.05. The smallest absolute Gasteiger partial charge is 0.230 e. The van der Waals surface area contributed by atoms with Gasteiger partial charge in [0.2, 0.25) is 5.88 Å². The Morgan fingerprint density at radius 1 is 1.23 bits per heavy atom. The van der Waals surface area contributed by atoms with Gasteiger partial charge in [-0.3, -0.25) is 0 Å². The highest BCUT2D eigenvalue weighted by atomic mass is 16.5. The van der Waals surface area contributed by atoms with Crippen LogP contribution in [0.4, 0.5) is 5.88 Å². The largest absolute Gasteiger partial charge is 0.346 e. The normalized spacial score (nSPS) is 17.6. The standard InChI is InChI=1S/C19H26N2O/c1-13(2)12-14-8-10-15(11-9-14)16-6-5-7-17-18(16)19(21(3)4)22-20-17/h8-11,13,16H,5-7,12H2,1-4H3. The maximum atomic E-state index is 5.58. The molecule has 118 valence electrons. The summed E-state index contributed by atoms with van der Waals surface area (Å²) < 4.78 is 5.58. The van der Waals surface area contributed by atoms with E-state index < -0.39 is 0 Å². The van der Waals surface area contributed by atoms with Gasteiger partial charge in [0.1, 0.15) is 0 Å². The van der Waals surface area contributed by atoms with Crippen LogP contribution < -0.4 is 4.90 Å². The summed E-state index contributed by atoms with van der Waals surface area (Å²) in [4.78, 5) is 2.04. The lowest BCUT2D eigenvalue weighted by atomic mass is 9.81. The van der Waals surface area contributed by atoms with E-state index in [0.29, 0.717) is 11.8 Å². The first-order chi connectivity index (χ1) is 10.6. The molecule has 0 fully saturated rings. The number of rotatable bonds is 4. The second kappa shape index (κ2) is 6.15. The van der Waals surface area contributed by atoms with E-state index in [1.165, 1.54) is 29.5 Å². The van der Waals surface area contributed by atoms with E-state index in [9.17, 15) is 0 Å². The Morgan fingerprint density at radius 3 is 2.59 bits per heavy atom. The number of benzene rings is 1. The zero-order valence-electron chi connectivity index (χ0n) is 14.1. The van der Waals surface area contributed by atoms with Crippen LogP contribution in [0.25, 0.3) is 0 Å². The van der Waals surface area contributed by atoms with E-state index in [2.05, 4.69) is 43.3 Å². The van der Waals surface area contributed by atoms with Crippen LogP contribution in [0.3, 0.4) is 0 Å². The Morgan fingerprint density at radius 2 is 1.95 bits per heavy atom. The maximum Gasteiger partial charge on any atom is 0.230 e. The Balaban J connectivity index is 1.92. The van der Waals surface area contributed by atoms with Crippen molar-refractivity contribution in [2.75, 3.05) is 19.0 Å². The van der Waals surface area contributed by atoms with Crippen LogP contribution in [0, 0.1) is 5.92 Å². The van der Waals surface area contributed by atoms with Gasteiger partial charge >= 0.3 is 0 Å². The quantitative estimate of drug-likeness (QED) is 0.837. The Bertz CT molecular complexity index is 625. The number of hydrogen-bond donors (Lipinski definition) is 0. The van der Waals surface area contributed by atoms with E-state index in [1.54, 1.807) is 0 Å². The van der Waals surface area contributed by atoms with E-state index in [-0.39, 0.29) is 0 Å². The van der Waals surface area contributed by atoms with Gasteiger partial charge in [0.25, 0.3) is 0 Å². The van der Waals surface area contributed by atoms with Crippen molar-refractivity contribution >= 4 is 5.88 Å². The van der Waals surface area contributed by atoms with Crippen LogP contribution in [0.2, 0.25) is 0 Å². The summed E-state index contributed by atoms with van der Waals surface area (Å²) in [6.45, 7) is 4.53. The van der Waals surface area contributed by atoms with E-state index in [0.717, 1.165) is 24.4 Å². The second-order valence-corrected chi connectivity index (χ2v) is 7.03. The van der Waals surface area contributed by atoms with Crippen molar-refractivity contribution < 1.29 is 4.52 Å². The van der Waals surface area contributed by atoms with Gasteiger partial charge < -0.3 is 9.42 Å². The molecule has 1 aromatic heterocycles. The molecular formula is C19H26N2O. The third kappa shape index (κ3) is 2.90. The van der Waals surface area contributed by atoms with Crippen molar-refractivity contribution in [3.05, 3.63) is 46.6 Å². The average Bonchev–Trinajstić information content (AvgIpc) is 2.91. The molecule has 3 heteroatoms. The van der Waals surface area contributed by atoms with E-state index >= 15 is 0 Å². The van der Waals surface area contributed by atoms with Crippen LogP contribution in [0.1, 0.15) is 55.0 Å². The molecule has 1 aliphatic rings. The Kier molecular flexibility index (Phi) is 4.23. The van der Waals surface area contributed by atoms with Gasteiger partial charge in [-0.15, -0.1) is 0 Å². The number of aryl methyl sites for hydroxylation is 1. The van der Waals surface area contributed by atoms with Crippen LogP contribution in [-0.2, 0) is 12.8 Å². The van der Waals surface area contributed by atoms with Crippen LogP contribution in [0.15, 0.2) is 28.8 Å². The van der Waals surface area contributed by atoms with E-state index in [1.807, 2.05) is 19.0 Å². The summed E-state index contributed by atoms with van der Waals surface area (Å²) in [5.41, 5.74) is 5.26. The molecule has 0 spiro atoms. The third-order valence-electron chi connectivity index (χ3n) is 4.47. The third-order valence-corrected chi connectivity index (χ3v) is 4.47. The van der Waals surface area contributed by atoms with Crippen LogP contribution in [-0.4, -0.2) is 19.3 Å². The first-order valence-electron chi connectivity index (χ1n) is 8.31. The van der Waals surface area contributed by atoms with Gasteiger partial charge in [0.15, 0.2) is 0 Å². The fourth-order valence-electron chi connectivity index (χ4n) is 3.48. The summed E-state index contributed by atoms with van der Waals surface area (Å²) in [5, 5.41) is 4.29. The van der Waals surface area contributed by atoms with Gasteiger partial charge in [0.05, 0.1) is 5.69 Å². The first kappa shape index (κ1) is 15.1. The molecule has 0 saturated carbocycles. The van der Waals surface area contributed by atoms with Gasteiger partial charge in [0, 0.05) is 25.6 Å². The summed E-state index contributed by atoms with van der Waals surface area (Å²) in [5.74, 6) is 2.04. The number of fused-ring (bicyclic) bond motifs is 1. The fraction of sp³-hybridized carbons (Fsp3) is 0.526. The summed E-state index contributed by atoms with van der Waals surface area (Å²) in [6, 6.07) is 9.16. The van der Waals surface area contributed by atoms with Gasteiger partial charge in [-0.25, -0.2) is 0 Å². The molecule has 0 bridgehead atoms. The lowest BCUT2D eigenvalue weighted by Crippen LogP contribution is -2.16. The molecule has 0 N–H and O–H groups in total. The summed E-state index contributed by atoms with van der Waals surface area (Å²) >= 11 is 0. The van der Waals surface area contributed by atoms with Crippen LogP contribution >= 0.6 is 0 Å². The summed E-state index contributed by atoms with van der Waals surface area (Å²) in [6.07, 6.45) is 4.55. The molecule has 22 heavy (non-hydrogen) atoms. The lowest BCUT2D eigenvalue weighted by molar-refractivity contribution is 0.415. The maximum absolute atomic E-state index is 5.58. The molecule has 3 nitrogen and oxygen atoms in total. The predicted molar refractivity (Wildman–Crippen MR) is 90.6 cm³/mol. The Hall–Kier alpha value is -1.77. The minimum atomic E-state index is 0.417. The average molecular weight is 298 g/mol. The lowest BCUT2D eigenvalue weighted by Gasteiger charge is -2.24. The van der Waals surface area contributed by atoms with E-state index in [4.69, 9.17) is 4.52 Å². The highest BCUT2D eigenvalue weighted by Crippen LogP contribution is 2.41. The number of nitrogens with zero attached hydrogens (tertiary/aromatic N) is 2. The highest BCUT2D eigenvalue weighted by Gasteiger charge is 2.30. The molecular weight excluding hydrogens is 272 g/mol. The van der Waals surface area contributed by atoms with Gasteiger partial charge in [-0.2, -0.15) is 0 Å². The SMILES string of the molecule is CC(C)Cc1ccc(C2CCCc3noc(N(C)C)c32)cc1. The minimum absolute atomic E-state index is 0.417. The van der Waals surface area contributed by atoms with Gasteiger partial charge in [-0.1, -0.05) is 43.3 Å². The predicted octanol–water partition coefficient (Wildman–Crippen LogP) is 4.41. The zero-order valence-corrected chi connectivity index (χ0v) is 14.1. The van der Waals surface area contributed by atoms with Crippen molar-refractivity contribution in [2.45, 2.75) is 45.4 Å². The Labute approximate surface area is 133 Å². The molecule has 2 aromatic rings. The molecule has 1 heterocycles. The molecule has 1 aliphatic carbocycles. The number of aromatic nitrogens is 1. The zero-order chi connectivity index (χ0) is 15.7. The first-order valence-corrected chi connectivity index (χ1v) is 8.31. The molecule has 0 amide bonds. The topological polar surface area (TPSA) is 29.3 Å². The molecule has 1 unspecified atom stereocenters. The number of hydrogen-bond acceptors (Lipinski definition) is 3. The van der Waals surface area contributed by atoms with Crippen molar-refractivity contribution in [3.63, 3.8) is 0 Å². The van der Waals surface area contributed by atoms with Crippen LogP contribution in [0.5, 0.6) is 0 Å². The van der Waals surface area contributed by atoms with Crippen molar-refractivity contribution in [3.8, 4) is 0 Å². The van der Waals surface area contributed by atoms with Gasteiger partial charge in [-0.05, 0) is 42.7 Å². The second-order valence-electron chi connectivity index (χ2n) is 7.03. The fourth-order valence-corrected chi connectivity index (χ4v) is 3.48. The molecule has 0 aliphatic heterocycles. The molecule has 3 rings (SSSR count). The monoisotopic (exact) mass is 298 g/mol. The van der Waals surface area contributed by atoms with Crippen molar-refractivity contribution in [1.82, 2.24) is 5.16 Å².